The predicted octanol–water partition coefficient (Wildman–Crippen LogP) is 6.33. The summed E-state index contributed by atoms with van der Waals surface area (Å²) in [4.78, 5) is 12.2. The van der Waals surface area contributed by atoms with Crippen molar-refractivity contribution in [1.82, 2.24) is 0 Å². The van der Waals surface area contributed by atoms with Gasteiger partial charge in [0.15, 0.2) is 6.61 Å². The van der Waals surface area contributed by atoms with Gasteiger partial charge in [-0.1, -0.05) is 68.7 Å². The van der Waals surface area contributed by atoms with Crippen LogP contribution in [0.5, 0.6) is 11.5 Å². The minimum atomic E-state index is -0.199. The molecule has 0 unspecified atom stereocenters. The molecule has 0 saturated carbocycles. The van der Waals surface area contributed by atoms with E-state index in [0.717, 1.165) is 35.6 Å². The Morgan fingerprint density at radius 1 is 0.733 bits per heavy atom. The Kier molecular flexibility index (Phi) is 8.34. The van der Waals surface area contributed by atoms with E-state index in [9.17, 15) is 4.79 Å². The van der Waals surface area contributed by atoms with Crippen LogP contribution in [0.1, 0.15) is 32.6 Å². The van der Waals surface area contributed by atoms with Gasteiger partial charge in [0, 0.05) is 5.69 Å². The molecule has 30 heavy (non-hydrogen) atoms. The summed E-state index contributed by atoms with van der Waals surface area (Å²) in [5.41, 5.74) is 2.98. The Morgan fingerprint density at radius 2 is 1.37 bits per heavy atom. The maximum atomic E-state index is 12.2. The molecule has 156 valence electrons. The lowest BCUT2D eigenvalue weighted by molar-refractivity contribution is -0.118. The van der Waals surface area contributed by atoms with E-state index in [1.54, 1.807) is 0 Å². The Morgan fingerprint density at radius 3 is 2.07 bits per heavy atom. The summed E-state index contributed by atoms with van der Waals surface area (Å²) in [7, 11) is 0. The van der Waals surface area contributed by atoms with E-state index in [1.165, 1.54) is 19.3 Å². The van der Waals surface area contributed by atoms with Gasteiger partial charge in [-0.3, -0.25) is 4.79 Å². The van der Waals surface area contributed by atoms with Crippen molar-refractivity contribution in [3.63, 3.8) is 0 Å². The summed E-state index contributed by atoms with van der Waals surface area (Å²) in [5, 5.41) is 2.84. The highest BCUT2D eigenvalue weighted by molar-refractivity contribution is 5.91. The van der Waals surface area contributed by atoms with Gasteiger partial charge >= 0.3 is 0 Å². The second-order valence-corrected chi connectivity index (χ2v) is 7.16. The van der Waals surface area contributed by atoms with Crippen LogP contribution in [0.3, 0.4) is 0 Å². The number of unbranched alkanes of at least 4 members (excludes halogenated alkanes) is 3. The minimum Gasteiger partial charge on any atom is -0.494 e. The molecular formula is C26H29NO3. The molecule has 0 bridgehead atoms. The summed E-state index contributed by atoms with van der Waals surface area (Å²) >= 11 is 0. The zero-order valence-corrected chi connectivity index (χ0v) is 17.5. The Bertz CT molecular complexity index is 890. The summed E-state index contributed by atoms with van der Waals surface area (Å²) in [6, 6.07) is 25.3. The zero-order valence-electron chi connectivity index (χ0n) is 17.5. The minimum absolute atomic E-state index is 0.0413. The lowest BCUT2D eigenvalue weighted by Gasteiger charge is -2.10. The quantitative estimate of drug-likeness (QED) is 0.381. The Labute approximate surface area is 178 Å². The maximum Gasteiger partial charge on any atom is 0.262 e. The fourth-order valence-electron chi connectivity index (χ4n) is 3.07. The molecular weight excluding hydrogens is 374 g/mol. The number of nitrogens with one attached hydrogen (secondary N) is 1. The van der Waals surface area contributed by atoms with Crippen LogP contribution in [-0.2, 0) is 4.79 Å². The number of carbonyl (C=O) groups excluding carboxylic acids is 1. The van der Waals surface area contributed by atoms with Gasteiger partial charge in [0.1, 0.15) is 11.5 Å². The molecule has 3 rings (SSSR count). The van der Waals surface area contributed by atoms with Crippen LogP contribution in [0.2, 0.25) is 0 Å². The number of benzene rings is 3. The molecule has 0 aliphatic rings. The molecule has 0 spiro atoms. The standard InChI is InChI=1S/C26H29NO3/c1-2-3-4-8-19-29-24-17-13-23(14-18-24)27-26(28)20-30-25-15-11-22(12-16-25)21-9-6-5-7-10-21/h5-7,9-18H,2-4,8,19-20H2,1H3,(H,27,28). The van der Waals surface area contributed by atoms with Crippen molar-refractivity contribution in [2.75, 3.05) is 18.5 Å². The largest absolute Gasteiger partial charge is 0.494 e. The SMILES string of the molecule is CCCCCCOc1ccc(NC(=O)COc2ccc(-c3ccccc3)cc2)cc1. The maximum absolute atomic E-state index is 12.2. The second-order valence-electron chi connectivity index (χ2n) is 7.16. The third kappa shape index (κ3) is 6.96. The smallest absolute Gasteiger partial charge is 0.262 e. The fourth-order valence-corrected chi connectivity index (χ4v) is 3.07. The molecule has 0 heterocycles. The molecule has 0 aliphatic heterocycles. The van der Waals surface area contributed by atoms with Gasteiger partial charge in [-0.05, 0) is 53.9 Å². The van der Waals surface area contributed by atoms with Crippen LogP contribution >= 0.6 is 0 Å². The number of carbonyl (C=O) groups is 1. The van der Waals surface area contributed by atoms with E-state index in [-0.39, 0.29) is 12.5 Å². The van der Waals surface area contributed by atoms with E-state index in [4.69, 9.17) is 9.47 Å². The van der Waals surface area contributed by atoms with Crippen molar-refractivity contribution in [2.24, 2.45) is 0 Å². The number of hydrogen-bond donors (Lipinski definition) is 1. The molecule has 3 aromatic carbocycles. The summed E-state index contributed by atoms with van der Waals surface area (Å²) in [6.45, 7) is 2.88. The first-order chi connectivity index (χ1) is 14.7. The van der Waals surface area contributed by atoms with Gasteiger partial charge in [-0.25, -0.2) is 0 Å². The lowest BCUT2D eigenvalue weighted by atomic mass is 10.1. The average molecular weight is 404 g/mol. The van der Waals surface area contributed by atoms with Crippen LogP contribution in [0, 0.1) is 0 Å². The van der Waals surface area contributed by atoms with E-state index in [2.05, 4.69) is 24.4 Å². The molecule has 4 heteroatoms. The molecule has 0 aromatic heterocycles. The third-order valence-electron chi connectivity index (χ3n) is 4.74. The molecule has 1 amide bonds. The van der Waals surface area contributed by atoms with E-state index in [0.29, 0.717) is 5.75 Å². The van der Waals surface area contributed by atoms with Crippen LogP contribution in [0.4, 0.5) is 5.69 Å². The summed E-state index contributed by atoms with van der Waals surface area (Å²) in [6.07, 6.45) is 4.72. The summed E-state index contributed by atoms with van der Waals surface area (Å²) in [5.74, 6) is 1.28. The van der Waals surface area contributed by atoms with Crippen molar-refractivity contribution >= 4 is 11.6 Å². The first-order valence-corrected chi connectivity index (χ1v) is 10.6. The molecule has 0 aliphatic carbocycles. The second kappa shape index (κ2) is 11.7. The van der Waals surface area contributed by atoms with E-state index in [1.807, 2.05) is 66.7 Å². The van der Waals surface area contributed by atoms with E-state index >= 15 is 0 Å². The molecule has 1 N–H and O–H groups in total. The predicted molar refractivity (Wildman–Crippen MR) is 122 cm³/mol. The van der Waals surface area contributed by atoms with Crippen LogP contribution < -0.4 is 14.8 Å². The number of ether oxygens (including phenoxy) is 2. The van der Waals surface area contributed by atoms with Gasteiger partial charge in [-0.15, -0.1) is 0 Å². The van der Waals surface area contributed by atoms with Crippen molar-refractivity contribution in [3.05, 3.63) is 78.9 Å². The van der Waals surface area contributed by atoms with Crippen LogP contribution in [0.15, 0.2) is 78.9 Å². The number of anilines is 1. The van der Waals surface area contributed by atoms with Gasteiger partial charge in [0.25, 0.3) is 5.91 Å². The van der Waals surface area contributed by atoms with E-state index < -0.39 is 0 Å². The van der Waals surface area contributed by atoms with Crippen molar-refractivity contribution < 1.29 is 14.3 Å². The topological polar surface area (TPSA) is 47.6 Å². The fraction of sp³-hybridized carbons (Fsp3) is 0.269. The molecule has 0 saturated heterocycles. The number of hydrogen-bond acceptors (Lipinski definition) is 3. The number of amides is 1. The molecule has 3 aromatic rings. The zero-order chi connectivity index (χ0) is 21.0. The third-order valence-corrected chi connectivity index (χ3v) is 4.74. The van der Waals surface area contributed by atoms with Gasteiger partial charge in [0.05, 0.1) is 6.61 Å². The Hall–Kier alpha value is -3.27. The lowest BCUT2D eigenvalue weighted by Crippen LogP contribution is -2.20. The highest BCUT2D eigenvalue weighted by Crippen LogP contribution is 2.22. The van der Waals surface area contributed by atoms with Gasteiger partial charge in [0.2, 0.25) is 0 Å². The average Bonchev–Trinajstić information content (AvgIpc) is 2.80. The first-order valence-electron chi connectivity index (χ1n) is 10.6. The van der Waals surface area contributed by atoms with Crippen molar-refractivity contribution in [1.29, 1.82) is 0 Å². The van der Waals surface area contributed by atoms with Crippen molar-refractivity contribution in [3.8, 4) is 22.6 Å². The van der Waals surface area contributed by atoms with Gasteiger partial charge < -0.3 is 14.8 Å². The van der Waals surface area contributed by atoms with Crippen molar-refractivity contribution in [2.45, 2.75) is 32.6 Å². The summed E-state index contributed by atoms with van der Waals surface area (Å²) < 4.78 is 11.3. The molecule has 0 atom stereocenters. The van der Waals surface area contributed by atoms with Gasteiger partial charge in [-0.2, -0.15) is 0 Å². The highest BCUT2D eigenvalue weighted by Gasteiger charge is 2.05. The van der Waals surface area contributed by atoms with Crippen LogP contribution in [-0.4, -0.2) is 19.1 Å². The van der Waals surface area contributed by atoms with Crippen LogP contribution in [0.25, 0.3) is 11.1 Å². The highest BCUT2D eigenvalue weighted by atomic mass is 16.5. The first kappa shape index (κ1) is 21.4. The molecule has 0 fully saturated rings. The number of rotatable bonds is 11. The normalized spacial score (nSPS) is 10.4. The monoisotopic (exact) mass is 403 g/mol. The molecule has 0 radical (unpaired) electrons. The molecule has 4 nitrogen and oxygen atoms in total. The Balaban J connectivity index is 1.41.